The summed E-state index contributed by atoms with van der Waals surface area (Å²) in [5, 5.41) is 0. The Morgan fingerprint density at radius 2 is 1.51 bits per heavy atom. The summed E-state index contributed by atoms with van der Waals surface area (Å²) in [7, 11) is 1.62. The fraction of sp³-hybridized carbons (Fsp3) is 0.400. The molecule has 0 aromatic heterocycles. The Kier molecular flexibility index (Phi) is 6.76. The van der Waals surface area contributed by atoms with Gasteiger partial charge in [0.1, 0.15) is 0 Å². The molecule has 0 spiro atoms. The first-order valence-electron chi connectivity index (χ1n) is 12.8. The summed E-state index contributed by atoms with van der Waals surface area (Å²) < 4.78 is 11.4. The van der Waals surface area contributed by atoms with Gasteiger partial charge in [0.2, 0.25) is 0 Å². The molecular weight excluding hydrogens is 438 g/mol. The van der Waals surface area contributed by atoms with Crippen LogP contribution in [0.15, 0.2) is 71.1 Å². The molecule has 0 N–H and O–H groups in total. The number of methoxy groups -OCH3 is 1. The maximum Gasteiger partial charge on any atom is 0.161 e. The number of nitrogens with zero attached hydrogens (tertiary/aromatic N) is 1. The highest BCUT2D eigenvalue weighted by atomic mass is 16.5. The van der Waals surface area contributed by atoms with Gasteiger partial charge in [0, 0.05) is 47.8 Å². The van der Waals surface area contributed by atoms with E-state index in [1.54, 1.807) is 7.11 Å². The third-order valence-corrected chi connectivity index (χ3v) is 7.37. The molecule has 1 aliphatic heterocycles. The molecule has 0 fully saturated rings. The van der Waals surface area contributed by atoms with Crippen LogP contribution in [0.4, 0.5) is 0 Å². The summed E-state index contributed by atoms with van der Waals surface area (Å²) in [6.07, 6.45) is 5.39. The lowest BCUT2D eigenvalue weighted by Crippen LogP contribution is -2.39. The molecule has 35 heavy (non-hydrogen) atoms. The molecule has 5 rings (SSSR count). The number of carbonyl (C=O) groups excluding carboxylic acids is 2. The van der Waals surface area contributed by atoms with E-state index in [4.69, 9.17) is 9.47 Å². The van der Waals surface area contributed by atoms with Crippen LogP contribution in [0.2, 0.25) is 0 Å². The second-order valence-electron chi connectivity index (χ2n) is 9.44. The van der Waals surface area contributed by atoms with Gasteiger partial charge < -0.3 is 14.4 Å². The van der Waals surface area contributed by atoms with E-state index in [9.17, 15) is 9.59 Å². The average Bonchev–Trinajstić information content (AvgIpc) is 2.88. The van der Waals surface area contributed by atoms with Crippen LogP contribution in [0.25, 0.3) is 0 Å². The van der Waals surface area contributed by atoms with Crippen molar-refractivity contribution < 1.29 is 19.1 Å². The number of ether oxygens (including phenoxy) is 2. The first-order chi connectivity index (χ1) is 17.1. The van der Waals surface area contributed by atoms with Gasteiger partial charge in [-0.2, -0.15) is 0 Å². The first kappa shape index (κ1) is 23.4. The van der Waals surface area contributed by atoms with Crippen molar-refractivity contribution in [1.29, 1.82) is 0 Å². The Morgan fingerprint density at radius 3 is 2.11 bits per heavy atom. The number of benzene rings is 2. The highest BCUT2D eigenvalue weighted by Gasteiger charge is 2.43. The van der Waals surface area contributed by atoms with E-state index in [-0.39, 0.29) is 17.5 Å². The predicted octanol–water partition coefficient (Wildman–Crippen LogP) is 5.75. The summed E-state index contributed by atoms with van der Waals surface area (Å²) in [6, 6.07) is 16.3. The predicted molar refractivity (Wildman–Crippen MR) is 136 cm³/mol. The fourth-order valence-corrected chi connectivity index (χ4v) is 5.85. The van der Waals surface area contributed by atoms with Gasteiger partial charge in [0.25, 0.3) is 0 Å². The Balaban J connectivity index is 1.63. The first-order valence-corrected chi connectivity index (χ1v) is 12.8. The number of rotatable bonds is 7. The molecule has 0 saturated carbocycles. The van der Waals surface area contributed by atoms with Crippen molar-refractivity contribution >= 4 is 11.6 Å². The molecule has 0 atom stereocenters. The van der Waals surface area contributed by atoms with Crippen molar-refractivity contribution in [3.8, 4) is 11.5 Å². The van der Waals surface area contributed by atoms with Crippen LogP contribution in [-0.2, 0) is 16.0 Å². The molecule has 2 aromatic rings. The highest BCUT2D eigenvalue weighted by molar-refractivity contribution is 6.06. The molecule has 2 aromatic carbocycles. The summed E-state index contributed by atoms with van der Waals surface area (Å²) in [4.78, 5) is 29.3. The van der Waals surface area contributed by atoms with Gasteiger partial charge >= 0.3 is 0 Å². The van der Waals surface area contributed by atoms with Gasteiger partial charge in [0.15, 0.2) is 23.1 Å². The lowest BCUT2D eigenvalue weighted by Gasteiger charge is -2.44. The van der Waals surface area contributed by atoms with E-state index in [1.165, 1.54) is 5.56 Å². The molecule has 0 saturated heterocycles. The number of ketones is 2. The third kappa shape index (κ3) is 4.40. The van der Waals surface area contributed by atoms with Crippen molar-refractivity contribution in [2.45, 2.75) is 57.8 Å². The van der Waals surface area contributed by atoms with Gasteiger partial charge in [-0.05, 0) is 62.3 Å². The molecule has 2 aliphatic carbocycles. The topological polar surface area (TPSA) is 55.8 Å². The van der Waals surface area contributed by atoms with Crippen LogP contribution >= 0.6 is 0 Å². The van der Waals surface area contributed by atoms with Crippen LogP contribution in [0.1, 0.15) is 62.5 Å². The number of hydrogen-bond donors (Lipinski definition) is 0. The zero-order valence-electron chi connectivity index (χ0n) is 20.6. The van der Waals surface area contributed by atoms with Crippen LogP contribution in [0.5, 0.6) is 11.5 Å². The fourth-order valence-electron chi connectivity index (χ4n) is 5.85. The Labute approximate surface area is 207 Å². The highest BCUT2D eigenvalue weighted by Crippen LogP contribution is 2.50. The summed E-state index contributed by atoms with van der Waals surface area (Å²) in [5.41, 5.74) is 6.05. The van der Waals surface area contributed by atoms with E-state index in [1.807, 2.05) is 31.2 Å². The molecule has 5 heteroatoms. The zero-order valence-corrected chi connectivity index (χ0v) is 20.6. The van der Waals surface area contributed by atoms with Gasteiger partial charge in [-0.3, -0.25) is 9.59 Å². The average molecular weight is 472 g/mol. The number of allylic oxidation sites excluding steroid dienone is 4. The largest absolute Gasteiger partial charge is 0.493 e. The van der Waals surface area contributed by atoms with Crippen molar-refractivity contribution in [3.63, 3.8) is 0 Å². The van der Waals surface area contributed by atoms with Crippen LogP contribution in [0.3, 0.4) is 0 Å². The van der Waals surface area contributed by atoms with Gasteiger partial charge in [-0.25, -0.2) is 0 Å². The van der Waals surface area contributed by atoms with Crippen molar-refractivity contribution in [2.75, 3.05) is 20.3 Å². The smallest absolute Gasteiger partial charge is 0.161 e. The molecule has 1 heterocycles. The third-order valence-electron chi connectivity index (χ3n) is 7.37. The maximum atomic E-state index is 13.5. The lowest BCUT2D eigenvalue weighted by atomic mass is 9.71. The monoisotopic (exact) mass is 471 g/mol. The number of carbonyl (C=O) groups is 2. The van der Waals surface area contributed by atoms with Crippen molar-refractivity contribution in [3.05, 3.63) is 82.2 Å². The molecule has 0 bridgehead atoms. The van der Waals surface area contributed by atoms with Gasteiger partial charge in [0.05, 0.1) is 13.7 Å². The van der Waals surface area contributed by atoms with Crippen molar-refractivity contribution in [1.82, 2.24) is 4.90 Å². The maximum absolute atomic E-state index is 13.5. The van der Waals surface area contributed by atoms with Gasteiger partial charge in [-0.1, -0.05) is 36.4 Å². The summed E-state index contributed by atoms with van der Waals surface area (Å²) in [6.45, 7) is 3.23. The van der Waals surface area contributed by atoms with E-state index in [0.717, 1.165) is 66.8 Å². The Morgan fingerprint density at radius 1 is 0.857 bits per heavy atom. The minimum absolute atomic E-state index is 0.166. The zero-order chi connectivity index (χ0) is 24.4. The van der Waals surface area contributed by atoms with Crippen LogP contribution < -0.4 is 9.47 Å². The number of hydrogen-bond acceptors (Lipinski definition) is 5. The molecule has 3 aliphatic rings. The molecular formula is C30H33NO4. The molecule has 0 unspecified atom stereocenters. The van der Waals surface area contributed by atoms with Crippen LogP contribution in [-0.4, -0.2) is 36.7 Å². The van der Waals surface area contributed by atoms with Gasteiger partial charge in [-0.15, -0.1) is 0 Å². The lowest BCUT2D eigenvalue weighted by molar-refractivity contribution is -0.117. The van der Waals surface area contributed by atoms with E-state index in [2.05, 4.69) is 29.2 Å². The normalized spacial score (nSPS) is 18.5. The van der Waals surface area contributed by atoms with Crippen molar-refractivity contribution in [2.24, 2.45) is 0 Å². The minimum Gasteiger partial charge on any atom is -0.493 e. The second kappa shape index (κ2) is 10.1. The van der Waals surface area contributed by atoms with E-state index >= 15 is 0 Å². The standard InChI is InChI=1S/C30H33NO4/c1-3-35-27-19-21(15-16-26(27)34-2)28-29-22(11-7-13-24(29)32)31(18-17-20-9-5-4-6-10-20)23-12-8-14-25(33)30(23)28/h4-6,9-10,15-16,19,28H,3,7-8,11-14,17-18H2,1-2H3. The Bertz CT molecular complexity index is 1150. The second-order valence-corrected chi connectivity index (χ2v) is 9.44. The van der Waals surface area contributed by atoms with E-state index in [0.29, 0.717) is 30.9 Å². The van der Waals surface area contributed by atoms with E-state index < -0.39 is 0 Å². The quantitative estimate of drug-likeness (QED) is 0.515. The summed E-state index contributed by atoms with van der Waals surface area (Å²) >= 11 is 0. The minimum atomic E-state index is -0.335. The van der Waals surface area contributed by atoms with Crippen LogP contribution in [0, 0.1) is 0 Å². The molecule has 5 nitrogen and oxygen atoms in total. The molecule has 0 amide bonds. The number of Topliss-reactive ketones (excluding diaryl/α,β-unsaturated/α-hetero) is 2. The molecule has 182 valence electrons. The SMILES string of the molecule is CCOc1cc(C2C3=C(CCCC3=O)N(CCc3ccccc3)C3=C2C(=O)CCC3)ccc1OC. The summed E-state index contributed by atoms with van der Waals surface area (Å²) in [5.74, 6) is 1.30. The molecule has 0 radical (unpaired) electrons. The Hall–Kier alpha value is -3.34.